The fourth-order valence-corrected chi connectivity index (χ4v) is 2.38. The Morgan fingerprint density at radius 3 is 2.57 bits per heavy atom. The Hall–Kier alpha value is -2.24. The Bertz CT molecular complexity index is 798. The molecule has 0 saturated heterocycles. The molecule has 2 aromatic carbocycles. The van der Waals surface area contributed by atoms with Crippen LogP contribution >= 0.6 is 0 Å². The highest BCUT2D eigenvalue weighted by atomic mass is 19.1. The maximum Gasteiger partial charge on any atom is 0.169 e. The lowest BCUT2D eigenvalue weighted by Gasteiger charge is -2.14. The van der Waals surface area contributed by atoms with Gasteiger partial charge in [-0.05, 0) is 30.7 Å². The first-order valence-electron chi connectivity index (χ1n) is 6.50. The minimum absolute atomic E-state index is 0.139. The minimum atomic E-state index is -0.683. The Morgan fingerprint density at radius 1 is 1.10 bits per heavy atom. The highest BCUT2D eigenvalue weighted by Crippen LogP contribution is 2.30. The van der Waals surface area contributed by atoms with Crippen LogP contribution in [-0.2, 0) is 0 Å². The standard InChI is InChI=1S/C16H14F2N2O/c1-9-5-6-11(13(18)7-9)15(20-19)14-8-10-3-2-4-12(17)16(10)21-14/h2-8,15,20H,19H2,1H3. The lowest BCUT2D eigenvalue weighted by molar-refractivity contribution is 0.453. The zero-order valence-electron chi connectivity index (χ0n) is 11.4. The highest BCUT2D eigenvalue weighted by Gasteiger charge is 2.21. The molecular weight excluding hydrogens is 274 g/mol. The van der Waals surface area contributed by atoms with Gasteiger partial charge in [-0.2, -0.15) is 0 Å². The molecule has 5 heteroatoms. The molecule has 0 spiro atoms. The molecule has 1 aromatic heterocycles. The summed E-state index contributed by atoms with van der Waals surface area (Å²) in [6.45, 7) is 1.80. The van der Waals surface area contributed by atoms with E-state index in [1.54, 1.807) is 37.3 Å². The third-order valence-corrected chi connectivity index (χ3v) is 3.43. The van der Waals surface area contributed by atoms with E-state index < -0.39 is 11.9 Å². The number of nitrogens with two attached hydrogens (primary N) is 1. The monoisotopic (exact) mass is 288 g/mol. The number of benzene rings is 2. The van der Waals surface area contributed by atoms with Crippen LogP contribution in [0.3, 0.4) is 0 Å². The summed E-state index contributed by atoms with van der Waals surface area (Å²) in [5, 5.41) is 0.609. The van der Waals surface area contributed by atoms with Crippen molar-refractivity contribution >= 4 is 11.0 Å². The summed E-state index contributed by atoms with van der Waals surface area (Å²) in [7, 11) is 0. The molecule has 3 rings (SSSR count). The van der Waals surface area contributed by atoms with E-state index in [-0.39, 0.29) is 11.4 Å². The van der Waals surface area contributed by atoms with Gasteiger partial charge in [0.25, 0.3) is 0 Å². The Morgan fingerprint density at radius 2 is 1.90 bits per heavy atom. The summed E-state index contributed by atoms with van der Waals surface area (Å²) in [6, 6.07) is 10.4. The van der Waals surface area contributed by atoms with Crippen LogP contribution in [0, 0.1) is 18.6 Å². The van der Waals surface area contributed by atoms with Gasteiger partial charge in [0.1, 0.15) is 17.6 Å². The number of para-hydroxylation sites is 1. The van der Waals surface area contributed by atoms with E-state index >= 15 is 0 Å². The fraction of sp³-hybridized carbons (Fsp3) is 0.125. The number of hydrazine groups is 1. The van der Waals surface area contributed by atoms with Crippen LogP contribution in [0.2, 0.25) is 0 Å². The molecule has 0 fully saturated rings. The SMILES string of the molecule is Cc1ccc(C(NN)c2cc3cccc(F)c3o2)c(F)c1. The van der Waals surface area contributed by atoms with Crippen molar-refractivity contribution in [2.75, 3.05) is 0 Å². The first-order chi connectivity index (χ1) is 10.1. The molecule has 3 nitrogen and oxygen atoms in total. The van der Waals surface area contributed by atoms with Crippen molar-refractivity contribution in [3.8, 4) is 0 Å². The number of fused-ring (bicyclic) bond motifs is 1. The molecule has 0 saturated carbocycles. The van der Waals surface area contributed by atoms with Crippen molar-refractivity contribution in [3.05, 3.63) is 71.0 Å². The quantitative estimate of drug-likeness (QED) is 0.572. The molecule has 3 N–H and O–H groups in total. The Labute approximate surface area is 120 Å². The molecule has 108 valence electrons. The third-order valence-electron chi connectivity index (χ3n) is 3.43. The van der Waals surface area contributed by atoms with Gasteiger partial charge in [0.2, 0.25) is 0 Å². The van der Waals surface area contributed by atoms with Crippen molar-refractivity contribution in [2.24, 2.45) is 5.84 Å². The van der Waals surface area contributed by atoms with E-state index in [1.165, 1.54) is 12.1 Å². The van der Waals surface area contributed by atoms with Gasteiger partial charge in [-0.25, -0.2) is 14.2 Å². The fourth-order valence-electron chi connectivity index (χ4n) is 2.38. The first-order valence-corrected chi connectivity index (χ1v) is 6.50. The molecule has 3 aromatic rings. The average Bonchev–Trinajstić information content (AvgIpc) is 2.87. The number of nitrogens with one attached hydrogen (secondary N) is 1. The van der Waals surface area contributed by atoms with Gasteiger partial charge in [-0.3, -0.25) is 5.84 Å². The predicted octanol–water partition coefficient (Wildman–Crippen LogP) is 3.57. The van der Waals surface area contributed by atoms with Crippen molar-refractivity contribution in [2.45, 2.75) is 13.0 Å². The second-order valence-electron chi connectivity index (χ2n) is 4.93. The van der Waals surface area contributed by atoms with Gasteiger partial charge in [0.15, 0.2) is 11.4 Å². The van der Waals surface area contributed by atoms with Crippen LogP contribution in [-0.4, -0.2) is 0 Å². The third kappa shape index (κ3) is 2.41. The van der Waals surface area contributed by atoms with E-state index in [2.05, 4.69) is 5.43 Å². The van der Waals surface area contributed by atoms with Crippen molar-refractivity contribution in [3.63, 3.8) is 0 Å². The minimum Gasteiger partial charge on any atom is -0.456 e. The van der Waals surface area contributed by atoms with E-state index in [9.17, 15) is 8.78 Å². The normalized spacial score (nSPS) is 12.8. The number of rotatable bonds is 3. The molecule has 0 aliphatic heterocycles. The Kier molecular flexibility index (Phi) is 3.45. The van der Waals surface area contributed by atoms with Crippen LogP contribution in [0.15, 0.2) is 46.9 Å². The van der Waals surface area contributed by atoms with Crippen LogP contribution in [0.1, 0.15) is 22.9 Å². The summed E-state index contributed by atoms with van der Waals surface area (Å²) in [5.41, 5.74) is 3.82. The molecule has 1 heterocycles. The number of aryl methyl sites for hydroxylation is 1. The molecule has 1 atom stereocenters. The molecule has 0 aliphatic carbocycles. The van der Waals surface area contributed by atoms with E-state index in [1.807, 2.05) is 0 Å². The first kappa shape index (κ1) is 13.7. The van der Waals surface area contributed by atoms with Crippen LogP contribution < -0.4 is 11.3 Å². The van der Waals surface area contributed by atoms with Crippen LogP contribution in [0.5, 0.6) is 0 Å². The predicted molar refractivity (Wildman–Crippen MR) is 76.5 cm³/mol. The van der Waals surface area contributed by atoms with Crippen molar-refractivity contribution < 1.29 is 13.2 Å². The van der Waals surface area contributed by atoms with Gasteiger partial charge in [0, 0.05) is 10.9 Å². The second kappa shape index (κ2) is 5.27. The molecule has 0 radical (unpaired) electrons. The van der Waals surface area contributed by atoms with Gasteiger partial charge in [0.05, 0.1) is 0 Å². The van der Waals surface area contributed by atoms with E-state index in [0.29, 0.717) is 16.7 Å². The highest BCUT2D eigenvalue weighted by molar-refractivity contribution is 5.78. The molecule has 21 heavy (non-hydrogen) atoms. The van der Waals surface area contributed by atoms with Gasteiger partial charge in [-0.15, -0.1) is 0 Å². The maximum absolute atomic E-state index is 14.1. The smallest absolute Gasteiger partial charge is 0.169 e. The average molecular weight is 288 g/mol. The second-order valence-corrected chi connectivity index (χ2v) is 4.93. The maximum atomic E-state index is 14.1. The molecule has 0 bridgehead atoms. The molecular formula is C16H14F2N2O. The Balaban J connectivity index is 2.11. The van der Waals surface area contributed by atoms with Crippen LogP contribution in [0.25, 0.3) is 11.0 Å². The number of furan rings is 1. The topological polar surface area (TPSA) is 51.2 Å². The van der Waals surface area contributed by atoms with Crippen molar-refractivity contribution in [1.29, 1.82) is 0 Å². The van der Waals surface area contributed by atoms with Gasteiger partial charge in [-0.1, -0.05) is 24.3 Å². The summed E-state index contributed by atoms with van der Waals surface area (Å²) in [6.07, 6.45) is 0. The van der Waals surface area contributed by atoms with Crippen molar-refractivity contribution in [1.82, 2.24) is 5.43 Å². The summed E-state index contributed by atoms with van der Waals surface area (Å²) >= 11 is 0. The molecule has 1 unspecified atom stereocenters. The van der Waals surface area contributed by atoms with E-state index in [0.717, 1.165) is 5.56 Å². The summed E-state index contributed by atoms with van der Waals surface area (Å²) in [4.78, 5) is 0. The van der Waals surface area contributed by atoms with Gasteiger partial charge < -0.3 is 4.42 Å². The lowest BCUT2D eigenvalue weighted by Crippen LogP contribution is -2.29. The summed E-state index contributed by atoms with van der Waals surface area (Å²) in [5.74, 6) is 5.05. The zero-order chi connectivity index (χ0) is 15.0. The lowest BCUT2D eigenvalue weighted by atomic mass is 10.0. The largest absolute Gasteiger partial charge is 0.456 e. The molecule has 0 amide bonds. The summed E-state index contributed by atoms with van der Waals surface area (Å²) < 4.78 is 33.3. The number of halogens is 2. The zero-order valence-corrected chi connectivity index (χ0v) is 11.4. The molecule has 0 aliphatic rings. The number of hydrogen-bond donors (Lipinski definition) is 2. The number of hydrogen-bond acceptors (Lipinski definition) is 3. The van der Waals surface area contributed by atoms with Crippen LogP contribution in [0.4, 0.5) is 8.78 Å². The van der Waals surface area contributed by atoms with E-state index in [4.69, 9.17) is 10.3 Å². The van der Waals surface area contributed by atoms with Gasteiger partial charge >= 0.3 is 0 Å².